The van der Waals surface area contributed by atoms with E-state index in [0.717, 1.165) is 0 Å². The van der Waals surface area contributed by atoms with Gasteiger partial charge in [0, 0.05) is 0 Å². The van der Waals surface area contributed by atoms with Crippen molar-refractivity contribution in [2.45, 2.75) is 24.2 Å². The number of rotatable bonds is 4. The Bertz CT molecular complexity index is 262. The Hall–Kier alpha value is -0.600. The predicted molar refractivity (Wildman–Crippen MR) is 31.7 cm³/mol. The molecule has 1 nitrogen and oxygen atoms in total. The SMILES string of the molecule is O=C(Cl)C(F)(F)C(F)(F)C(F)(F)C(F)F. The summed E-state index contributed by atoms with van der Waals surface area (Å²) in [6, 6.07) is 0. The Morgan fingerprint density at radius 1 is 1.00 bits per heavy atom. The third kappa shape index (κ3) is 2.01. The molecule has 0 unspecified atom stereocenters. The van der Waals surface area contributed by atoms with Crippen LogP contribution in [0.5, 0.6) is 0 Å². The first-order valence-corrected chi connectivity index (χ1v) is 3.38. The van der Waals surface area contributed by atoms with Gasteiger partial charge in [0.1, 0.15) is 0 Å². The molecule has 0 saturated heterocycles. The molecule has 0 aliphatic rings. The van der Waals surface area contributed by atoms with Crippen LogP contribution in [0.25, 0.3) is 0 Å². The molecule has 0 heterocycles. The molecule has 0 aliphatic carbocycles. The number of alkyl halides is 8. The van der Waals surface area contributed by atoms with Crippen molar-refractivity contribution in [3.8, 4) is 0 Å². The first kappa shape index (κ1) is 14.4. The largest absolute Gasteiger partial charge is 0.388 e. The van der Waals surface area contributed by atoms with Crippen LogP contribution in [0, 0.1) is 0 Å². The highest BCUT2D eigenvalue weighted by molar-refractivity contribution is 6.65. The molecule has 90 valence electrons. The van der Waals surface area contributed by atoms with E-state index in [-0.39, 0.29) is 0 Å². The van der Waals surface area contributed by atoms with Gasteiger partial charge in [0.15, 0.2) is 0 Å². The number of carbonyl (C=O) groups is 1. The smallest absolute Gasteiger partial charge is 0.274 e. The molecule has 0 radical (unpaired) electrons. The van der Waals surface area contributed by atoms with E-state index in [9.17, 15) is 39.9 Å². The molecule has 0 spiro atoms. The Morgan fingerprint density at radius 2 is 1.33 bits per heavy atom. The van der Waals surface area contributed by atoms with Crippen LogP contribution in [0.4, 0.5) is 35.1 Å². The van der Waals surface area contributed by atoms with Crippen LogP contribution in [0.3, 0.4) is 0 Å². The lowest BCUT2D eigenvalue weighted by molar-refractivity contribution is -0.325. The zero-order valence-corrected chi connectivity index (χ0v) is 7.14. The first-order chi connectivity index (χ1) is 6.39. The molecule has 0 aromatic rings. The summed E-state index contributed by atoms with van der Waals surface area (Å²) < 4.78 is 95.4. The molecule has 0 rings (SSSR count). The lowest BCUT2D eigenvalue weighted by Gasteiger charge is -2.29. The van der Waals surface area contributed by atoms with E-state index in [1.54, 1.807) is 0 Å². The van der Waals surface area contributed by atoms with Gasteiger partial charge in [-0.25, -0.2) is 8.78 Å². The maximum Gasteiger partial charge on any atom is 0.388 e. The molecule has 0 bridgehead atoms. The van der Waals surface area contributed by atoms with Crippen molar-refractivity contribution in [1.29, 1.82) is 0 Å². The molecule has 0 aromatic heterocycles. The van der Waals surface area contributed by atoms with Crippen molar-refractivity contribution < 1.29 is 39.9 Å². The highest BCUT2D eigenvalue weighted by Crippen LogP contribution is 2.49. The molecule has 0 aliphatic heterocycles. The van der Waals surface area contributed by atoms with E-state index < -0.39 is 29.4 Å². The summed E-state index contributed by atoms with van der Waals surface area (Å²) in [6.07, 6.45) is -5.06. The van der Waals surface area contributed by atoms with Gasteiger partial charge >= 0.3 is 24.2 Å². The van der Waals surface area contributed by atoms with Gasteiger partial charge in [0.25, 0.3) is 5.24 Å². The van der Waals surface area contributed by atoms with Crippen LogP contribution in [-0.2, 0) is 4.79 Å². The molecule has 0 atom stereocenters. The predicted octanol–water partition coefficient (Wildman–Crippen LogP) is 2.92. The fraction of sp³-hybridized carbons (Fsp3) is 0.800. The summed E-state index contributed by atoms with van der Waals surface area (Å²) in [7, 11) is 0. The lowest BCUT2D eigenvalue weighted by Crippen LogP contribution is -2.59. The summed E-state index contributed by atoms with van der Waals surface area (Å²) in [6.45, 7) is 0. The van der Waals surface area contributed by atoms with Gasteiger partial charge in [-0.2, -0.15) is 26.3 Å². The second kappa shape index (κ2) is 3.76. The maximum absolute atomic E-state index is 12.2. The lowest BCUT2D eigenvalue weighted by atomic mass is 10.1. The van der Waals surface area contributed by atoms with Crippen molar-refractivity contribution in [2.24, 2.45) is 0 Å². The van der Waals surface area contributed by atoms with Crippen LogP contribution in [0.15, 0.2) is 0 Å². The summed E-state index contributed by atoms with van der Waals surface area (Å²) >= 11 is 3.92. The van der Waals surface area contributed by atoms with Gasteiger partial charge in [-0.15, -0.1) is 0 Å². The Morgan fingerprint density at radius 3 is 1.53 bits per heavy atom. The highest BCUT2D eigenvalue weighted by atomic mass is 35.5. The summed E-state index contributed by atoms with van der Waals surface area (Å²) in [5.74, 6) is -19.0. The van der Waals surface area contributed by atoms with E-state index in [2.05, 4.69) is 11.6 Å². The van der Waals surface area contributed by atoms with Crippen molar-refractivity contribution in [1.82, 2.24) is 0 Å². The van der Waals surface area contributed by atoms with Crippen molar-refractivity contribution in [3.05, 3.63) is 0 Å². The molecule has 0 aromatic carbocycles. The minimum atomic E-state index is -6.56. The van der Waals surface area contributed by atoms with E-state index in [1.807, 2.05) is 0 Å². The van der Waals surface area contributed by atoms with E-state index in [4.69, 9.17) is 0 Å². The third-order valence-corrected chi connectivity index (χ3v) is 1.57. The Balaban J connectivity index is 5.40. The maximum atomic E-state index is 12.2. The van der Waals surface area contributed by atoms with E-state index in [1.165, 1.54) is 0 Å². The molecule has 0 amide bonds. The normalized spacial score (nSPS) is 14.5. The number of hydrogen-bond acceptors (Lipinski definition) is 1. The first-order valence-electron chi connectivity index (χ1n) is 3.00. The fourth-order valence-electron chi connectivity index (χ4n) is 0.470. The van der Waals surface area contributed by atoms with Gasteiger partial charge < -0.3 is 0 Å². The topological polar surface area (TPSA) is 17.1 Å². The van der Waals surface area contributed by atoms with Gasteiger partial charge in [0.2, 0.25) is 0 Å². The average molecular weight is 264 g/mol. The standard InChI is InChI=1S/C5HClF8O/c6-1(15)3(9,10)5(13,14)4(11,12)2(7)8/h2H. The Labute approximate surface area is 82.0 Å². The minimum absolute atomic E-state index is 3.15. The molecule has 0 fully saturated rings. The average Bonchev–Trinajstić information content (AvgIpc) is 2.02. The molecule has 15 heavy (non-hydrogen) atoms. The van der Waals surface area contributed by atoms with Crippen LogP contribution in [0.2, 0.25) is 0 Å². The second-order valence-corrected chi connectivity index (χ2v) is 2.69. The monoisotopic (exact) mass is 264 g/mol. The Kier molecular flexibility index (Phi) is 3.61. The van der Waals surface area contributed by atoms with Gasteiger partial charge in [-0.3, -0.25) is 4.79 Å². The molecular weight excluding hydrogens is 263 g/mol. The quantitative estimate of drug-likeness (QED) is 0.564. The number of halogens is 9. The van der Waals surface area contributed by atoms with Crippen LogP contribution < -0.4 is 0 Å². The van der Waals surface area contributed by atoms with E-state index >= 15 is 0 Å². The van der Waals surface area contributed by atoms with E-state index in [0.29, 0.717) is 0 Å². The highest BCUT2D eigenvalue weighted by Gasteiger charge is 2.77. The number of hydrogen-bond donors (Lipinski definition) is 0. The van der Waals surface area contributed by atoms with Crippen LogP contribution in [0.1, 0.15) is 0 Å². The van der Waals surface area contributed by atoms with Gasteiger partial charge in [0.05, 0.1) is 0 Å². The zero-order chi connectivity index (χ0) is 12.7. The molecular formula is C5HClF8O. The van der Waals surface area contributed by atoms with Crippen molar-refractivity contribution in [2.75, 3.05) is 0 Å². The second-order valence-electron chi connectivity index (χ2n) is 2.35. The summed E-state index contributed by atoms with van der Waals surface area (Å²) in [5, 5.41) is -3.15. The van der Waals surface area contributed by atoms with Gasteiger partial charge in [-0.1, -0.05) is 0 Å². The van der Waals surface area contributed by atoms with Crippen molar-refractivity contribution in [3.63, 3.8) is 0 Å². The minimum Gasteiger partial charge on any atom is -0.274 e. The number of carbonyl (C=O) groups excluding carboxylic acids is 1. The zero-order valence-electron chi connectivity index (χ0n) is 6.39. The van der Waals surface area contributed by atoms with Gasteiger partial charge in [-0.05, 0) is 11.6 Å². The third-order valence-electron chi connectivity index (χ3n) is 1.33. The van der Waals surface area contributed by atoms with Crippen LogP contribution >= 0.6 is 11.6 Å². The fourth-order valence-corrected chi connectivity index (χ4v) is 0.588. The molecule has 0 N–H and O–H groups in total. The van der Waals surface area contributed by atoms with Crippen LogP contribution in [-0.4, -0.2) is 29.4 Å². The summed E-state index contributed by atoms with van der Waals surface area (Å²) in [5.41, 5.74) is 0. The van der Waals surface area contributed by atoms with Crippen molar-refractivity contribution >= 4 is 16.8 Å². The summed E-state index contributed by atoms with van der Waals surface area (Å²) in [4.78, 5) is 9.74. The molecule has 0 saturated carbocycles. The molecule has 10 heteroatoms.